The van der Waals surface area contributed by atoms with E-state index in [2.05, 4.69) is 63.2 Å². The highest BCUT2D eigenvalue weighted by Crippen LogP contribution is 2.52. The maximum absolute atomic E-state index is 14.0. The van der Waals surface area contributed by atoms with Crippen LogP contribution in [0.2, 0.25) is 0 Å². The van der Waals surface area contributed by atoms with E-state index in [1.165, 1.54) is 11.1 Å². The van der Waals surface area contributed by atoms with Crippen molar-refractivity contribution in [1.82, 2.24) is 10.2 Å². The van der Waals surface area contributed by atoms with Crippen molar-refractivity contribution in [3.8, 4) is 0 Å². The summed E-state index contributed by atoms with van der Waals surface area (Å²) in [4.78, 5) is 28.9. The summed E-state index contributed by atoms with van der Waals surface area (Å²) in [5, 5.41) is 11.3. The first kappa shape index (κ1) is 25.3. The smallest absolute Gasteiger partial charge is 0.251 e. The second-order valence-electron chi connectivity index (χ2n) is 10.1. The van der Waals surface area contributed by atoms with Crippen LogP contribution in [0, 0.1) is 11.8 Å². The molecule has 1 saturated carbocycles. The number of hydrogen-bond donors (Lipinski definition) is 2. The van der Waals surface area contributed by atoms with Crippen LogP contribution in [0.25, 0.3) is 0 Å². The summed E-state index contributed by atoms with van der Waals surface area (Å²) >= 11 is 1.72. The largest absolute Gasteiger partial charge is 0.378 e. The maximum atomic E-state index is 14.0. The molecule has 1 aromatic heterocycles. The molecule has 0 bridgehead atoms. The first-order valence-corrected chi connectivity index (χ1v) is 14.2. The lowest BCUT2D eigenvalue weighted by Crippen LogP contribution is -2.46. The van der Waals surface area contributed by atoms with Gasteiger partial charge < -0.3 is 15.5 Å². The number of amides is 2. The van der Waals surface area contributed by atoms with E-state index in [-0.39, 0.29) is 38.7 Å². The summed E-state index contributed by atoms with van der Waals surface area (Å²) in [6.07, 6.45) is 5.38. The van der Waals surface area contributed by atoms with Crippen molar-refractivity contribution in [3.05, 3.63) is 101 Å². The Hall–Kier alpha value is -3.38. The van der Waals surface area contributed by atoms with Crippen LogP contribution in [0.3, 0.4) is 0 Å². The number of allylic oxidation sites excluding steroid dienone is 1. The fourth-order valence-corrected chi connectivity index (χ4v) is 6.93. The molecule has 1 saturated heterocycles. The molecule has 37 heavy (non-hydrogen) atoms. The summed E-state index contributed by atoms with van der Waals surface area (Å²) in [5.74, 6) is 0.290. The van der Waals surface area contributed by atoms with Crippen LogP contribution in [-0.2, 0) is 4.79 Å². The van der Waals surface area contributed by atoms with Gasteiger partial charge >= 0.3 is 0 Å². The van der Waals surface area contributed by atoms with Gasteiger partial charge in [0.05, 0.1) is 18.0 Å². The van der Waals surface area contributed by atoms with Gasteiger partial charge in [-0.2, -0.15) is 11.3 Å². The predicted octanol–water partition coefficient (Wildman–Crippen LogP) is 7.09. The van der Waals surface area contributed by atoms with E-state index in [1.54, 1.807) is 17.4 Å². The highest BCUT2D eigenvalue weighted by Gasteiger charge is 2.48. The van der Waals surface area contributed by atoms with Crippen LogP contribution < -0.4 is 10.6 Å². The lowest BCUT2D eigenvalue weighted by Gasteiger charge is -2.40. The van der Waals surface area contributed by atoms with Crippen LogP contribution in [0.15, 0.2) is 84.1 Å². The molecule has 0 radical (unpaired) electrons. The molecule has 6 rings (SSSR count). The average molecular weight is 518 g/mol. The number of benzene rings is 2. The minimum atomic E-state index is -0.159. The number of fused-ring (bicyclic) bond motifs is 3. The van der Waals surface area contributed by atoms with Gasteiger partial charge in [-0.3, -0.25) is 9.59 Å². The van der Waals surface area contributed by atoms with Crippen molar-refractivity contribution in [2.24, 2.45) is 11.8 Å². The van der Waals surface area contributed by atoms with Crippen molar-refractivity contribution in [2.75, 3.05) is 11.9 Å². The standard InChI is InChI=1S/C28H29N3O2S.C3H6.2H2/c32-27(18-7-2-1-3-8-18)30-24-12-6-10-21(24)28(33)31-15-13-22-25(19-14-16-34-17-19)29-23-11-5-4-9-20(23)26(22)31;1-3-2;;/h1-5,7-9,11,14,16-17,21-22,24-26,29H,6,10,12-13,15H2,(H,30,32);3H,1H2,2H3;2*1H/t21-,22+,24+,25-,26-;;;/m0.../s1. The zero-order valence-corrected chi connectivity index (χ0v) is 22.1. The SMILES string of the molecule is C=CC.O=C(N[C@@H]1CCC[C@@H]1C(=O)N1CC[C@@H]2[C@H](c3ccsc3)Nc3ccccc3[C@@H]21)c1ccccc1.[HH].[HH]. The number of nitrogens with one attached hydrogen (secondary N) is 2. The monoisotopic (exact) mass is 517 g/mol. The quantitative estimate of drug-likeness (QED) is 0.363. The zero-order valence-electron chi connectivity index (χ0n) is 21.3. The number of carbonyl (C=O) groups is 2. The number of para-hydroxylation sites is 1. The minimum Gasteiger partial charge on any atom is -0.378 e. The fourth-order valence-electron chi connectivity index (χ4n) is 6.24. The average Bonchev–Trinajstić information content (AvgIpc) is 3.70. The first-order valence-electron chi connectivity index (χ1n) is 13.2. The second kappa shape index (κ2) is 11.3. The number of likely N-dealkylation sites (tertiary alicyclic amines) is 1. The Balaban J connectivity index is 0.000000805. The molecule has 1 aliphatic carbocycles. The van der Waals surface area contributed by atoms with E-state index < -0.39 is 0 Å². The molecule has 3 heterocycles. The van der Waals surface area contributed by atoms with E-state index in [9.17, 15) is 9.59 Å². The molecule has 2 N–H and O–H groups in total. The van der Waals surface area contributed by atoms with E-state index >= 15 is 0 Å². The number of hydrogen-bond acceptors (Lipinski definition) is 4. The summed E-state index contributed by atoms with van der Waals surface area (Å²) in [6.45, 7) is 6.01. The predicted molar refractivity (Wildman–Crippen MR) is 155 cm³/mol. The Bertz CT molecular complexity index is 1240. The highest BCUT2D eigenvalue weighted by atomic mass is 32.1. The molecule has 5 nitrogen and oxygen atoms in total. The van der Waals surface area contributed by atoms with Crippen LogP contribution in [0.4, 0.5) is 5.69 Å². The van der Waals surface area contributed by atoms with Crippen LogP contribution in [0.1, 0.15) is 69.0 Å². The Morgan fingerprint density at radius 2 is 1.84 bits per heavy atom. The number of carbonyl (C=O) groups excluding carboxylic acids is 2. The zero-order chi connectivity index (χ0) is 25.8. The molecule has 2 fully saturated rings. The normalized spacial score (nSPS) is 25.6. The van der Waals surface area contributed by atoms with E-state index in [4.69, 9.17) is 0 Å². The Labute approximate surface area is 226 Å². The number of rotatable bonds is 4. The van der Waals surface area contributed by atoms with Crippen molar-refractivity contribution in [2.45, 2.75) is 50.7 Å². The van der Waals surface area contributed by atoms with E-state index in [0.29, 0.717) is 11.5 Å². The third-order valence-electron chi connectivity index (χ3n) is 7.83. The number of anilines is 1. The molecule has 2 aliphatic heterocycles. The van der Waals surface area contributed by atoms with Gasteiger partial charge in [-0.1, -0.05) is 48.9 Å². The van der Waals surface area contributed by atoms with Crippen molar-refractivity contribution >= 4 is 28.8 Å². The summed E-state index contributed by atoms with van der Waals surface area (Å²) < 4.78 is 0. The molecular weight excluding hydrogens is 478 g/mol. The van der Waals surface area contributed by atoms with Crippen molar-refractivity contribution in [1.29, 1.82) is 0 Å². The minimum absolute atomic E-state index is 0. The van der Waals surface area contributed by atoms with Gasteiger partial charge in [0.25, 0.3) is 5.91 Å². The molecule has 2 aromatic carbocycles. The second-order valence-corrected chi connectivity index (χ2v) is 10.9. The molecule has 3 aliphatic rings. The van der Waals surface area contributed by atoms with Gasteiger partial charge in [-0.05, 0) is 72.3 Å². The van der Waals surface area contributed by atoms with Gasteiger partial charge in [-0.25, -0.2) is 0 Å². The molecule has 6 heteroatoms. The van der Waals surface area contributed by atoms with Crippen LogP contribution in [0.5, 0.6) is 0 Å². The molecule has 3 aromatic rings. The van der Waals surface area contributed by atoms with Crippen molar-refractivity contribution < 1.29 is 12.4 Å². The third-order valence-corrected chi connectivity index (χ3v) is 8.54. The molecule has 196 valence electrons. The van der Waals surface area contributed by atoms with Crippen molar-refractivity contribution in [3.63, 3.8) is 0 Å². The van der Waals surface area contributed by atoms with Gasteiger partial charge in [0, 0.05) is 32.6 Å². The molecule has 5 atom stereocenters. The summed E-state index contributed by atoms with van der Waals surface area (Å²) in [6, 6.07) is 20.1. The maximum Gasteiger partial charge on any atom is 0.251 e. The molecular formula is C31H39N3O2S. The van der Waals surface area contributed by atoms with Gasteiger partial charge in [-0.15, -0.1) is 6.58 Å². The number of nitrogens with zero attached hydrogens (tertiary/aromatic N) is 1. The lowest BCUT2D eigenvalue weighted by molar-refractivity contribution is -0.137. The van der Waals surface area contributed by atoms with Gasteiger partial charge in [0.1, 0.15) is 0 Å². The molecule has 0 unspecified atom stereocenters. The Morgan fingerprint density at radius 3 is 2.59 bits per heavy atom. The Morgan fingerprint density at radius 1 is 1.08 bits per heavy atom. The van der Waals surface area contributed by atoms with E-state index in [0.717, 1.165) is 37.9 Å². The topological polar surface area (TPSA) is 61.4 Å². The third kappa shape index (κ3) is 5.08. The molecule has 0 spiro atoms. The molecule has 2 amide bonds. The van der Waals surface area contributed by atoms with Crippen LogP contribution in [-0.4, -0.2) is 29.3 Å². The van der Waals surface area contributed by atoms with E-state index in [1.807, 2.05) is 37.3 Å². The fraction of sp³-hybridized carbons (Fsp3) is 0.355. The Kier molecular flexibility index (Phi) is 7.75. The highest BCUT2D eigenvalue weighted by molar-refractivity contribution is 7.08. The van der Waals surface area contributed by atoms with Crippen LogP contribution >= 0.6 is 11.3 Å². The van der Waals surface area contributed by atoms with Gasteiger partial charge in [0.15, 0.2) is 0 Å². The summed E-state index contributed by atoms with van der Waals surface area (Å²) in [7, 11) is 0. The lowest BCUT2D eigenvalue weighted by atomic mass is 9.80. The first-order chi connectivity index (χ1) is 18.1. The summed E-state index contributed by atoms with van der Waals surface area (Å²) in [5.41, 5.74) is 4.29. The van der Waals surface area contributed by atoms with Gasteiger partial charge in [0.2, 0.25) is 5.91 Å². The number of thiophene rings is 1.